The molecule has 1 fully saturated rings. The van der Waals surface area contributed by atoms with Crippen molar-refractivity contribution in [3.63, 3.8) is 0 Å². The number of nitrogens with two attached hydrogens (primary N) is 1. The van der Waals surface area contributed by atoms with Gasteiger partial charge in [0.25, 0.3) is 5.91 Å². The van der Waals surface area contributed by atoms with E-state index in [-0.39, 0.29) is 62.6 Å². The van der Waals surface area contributed by atoms with Crippen LogP contribution in [-0.4, -0.2) is 125 Å². The number of nitrogens with zero attached hydrogens (tertiary/aromatic N) is 2. The molecule has 0 saturated carbocycles. The first-order chi connectivity index (χ1) is 35.3. The molecule has 9 N–H and O–H groups in total. The third-order valence-electron chi connectivity index (χ3n) is 12.1. The zero-order valence-corrected chi connectivity index (χ0v) is 45.7. The van der Waals surface area contributed by atoms with Crippen LogP contribution in [0, 0.1) is 17.8 Å². The van der Waals surface area contributed by atoms with Gasteiger partial charge in [0.05, 0.1) is 6.54 Å². The van der Waals surface area contributed by atoms with E-state index >= 15 is 0 Å². The van der Waals surface area contributed by atoms with Gasteiger partial charge < -0.3 is 51.2 Å². The molecule has 3 rings (SSSR count). The monoisotopic (exact) mass is 1050 g/mol. The minimum atomic E-state index is -1.15. The number of hydrogen-bond donors (Lipinski definition) is 8. The number of alkyl carbamates (subject to hydrolysis) is 2. The van der Waals surface area contributed by atoms with Gasteiger partial charge in [0.1, 0.15) is 42.4 Å². The molecule has 1 saturated heterocycles. The van der Waals surface area contributed by atoms with Crippen molar-refractivity contribution in [2.24, 2.45) is 23.6 Å². The Morgan fingerprint density at radius 2 is 1.32 bits per heavy atom. The highest BCUT2D eigenvalue weighted by molar-refractivity contribution is 5.99. The average molecular weight is 1050 g/mol. The maximum atomic E-state index is 14.6. The van der Waals surface area contributed by atoms with Crippen molar-refractivity contribution < 1.29 is 52.6 Å². The highest BCUT2D eigenvalue weighted by Crippen LogP contribution is 2.20. The number of unbranched alkanes of at least 4 members (excludes halogenated alkanes) is 1. The lowest BCUT2D eigenvalue weighted by atomic mass is 10.0. The van der Waals surface area contributed by atoms with E-state index in [1.807, 2.05) is 77.3 Å². The fourth-order valence-corrected chi connectivity index (χ4v) is 8.46. The van der Waals surface area contributed by atoms with Crippen LogP contribution >= 0.6 is 0 Å². The molecule has 1 aliphatic heterocycles. The van der Waals surface area contributed by atoms with E-state index in [0.29, 0.717) is 56.3 Å². The molecular formula is C54H84N10O11. The predicted molar refractivity (Wildman–Crippen MR) is 284 cm³/mol. The average Bonchev–Trinajstić information content (AvgIpc) is 3.84. The molecule has 0 spiro atoms. The lowest BCUT2D eigenvalue weighted by molar-refractivity contribution is -0.142. The normalized spacial score (nSPS) is 15.0. The number of amides is 9. The summed E-state index contributed by atoms with van der Waals surface area (Å²) in [7, 11) is 0. The maximum Gasteiger partial charge on any atom is 0.408 e. The number of nitrogens with one attached hydrogen (secondary N) is 7. The van der Waals surface area contributed by atoms with Crippen molar-refractivity contribution in [2.45, 2.75) is 169 Å². The van der Waals surface area contributed by atoms with Crippen LogP contribution in [0.4, 0.5) is 15.3 Å². The van der Waals surface area contributed by atoms with Crippen LogP contribution in [0.5, 0.6) is 0 Å². The maximum absolute atomic E-state index is 14.6. The Bertz CT molecular complexity index is 2200. The number of hydrogen-bond acceptors (Lipinski definition) is 12. The summed E-state index contributed by atoms with van der Waals surface area (Å²) < 4.78 is 10.7. The summed E-state index contributed by atoms with van der Waals surface area (Å²) in [5.41, 5.74) is 3.24. The van der Waals surface area contributed by atoms with E-state index < -0.39 is 90.0 Å². The zero-order valence-electron chi connectivity index (χ0n) is 45.7. The molecule has 2 aromatic rings. The summed E-state index contributed by atoms with van der Waals surface area (Å²) >= 11 is 0. The molecule has 21 nitrogen and oxygen atoms in total. The van der Waals surface area contributed by atoms with Gasteiger partial charge in [-0.2, -0.15) is 0 Å². The Morgan fingerprint density at radius 3 is 1.91 bits per heavy atom. The fourth-order valence-electron chi connectivity index (χ4n) is 8.46. The molecule has 0 bridgehead atoms. The Kier molecular flexibility index (Phi) is 26.0. The van der Waals surface area contributed by atoms with Crippen LogP contribution in [0.25, 0.3) is 0 Å². The second-order valence-electron chi connectivity index (χ2n) is 21.4. The standard InChI is InChI=1S/C54H84N10O11/c1-34(2)29-42(48(68)57-40-23-20-39(21-24-40)33-74-53(73)61-43(30-35(3)4)49(69)62-55)59-47(67)41(25-22-38-17-12-11-13-18-38)58-46(66)32-63(27-15-14-26-56-52(72)75-54(8,9)10)51(71)44(31-36(5)6)60-50(70)45-19-16-28-64(45)37(7)65/h11-13,17-18,20-21,23-24,34-36,41-45H,14-16,19,22,25-33,55H2,1-10H3,(H,56,72)(H,57,68)(H,58,66)(H,59,67)(H,60,70)(H,61,73)(H,62,69)/t41-,42-,43+,44-,45-/m0/s1. The minimum absolute atomic E-state index is 0.0440. The van der Waals surface area contributed by atoms with Crippen LogP contribution < -0.4 is 43.2 Å². The summed E-state index contributed by atoms with van der Waals surface area (Å²) in [4.78, 5) is 123. The molecule has 416 valence electrons. The number of rotatable bonds is 28. The molecule has 21 heteroatoms. The van der Waals surface area contributed by atoms with Crippen molar-refractivity contribution in [1.29, 1.82) is 0 Å². The SMILES string of the molecule is CC(=O)N1CCC[C@H]1C(=O)N[C@@H](CC(C)C)C(=O)N(CCCCNC(=O)OC(C)(C)C)CC(=O)N[C@@H](CCc1ccccc1)C(=O)N[C@@H](CC(C)C)C(=O)Nc1ccc(COC(=O)N[C@H](CC(C)C)C(=O)NN)cc1. The number of benzene rings is 2. The molecular weight excluding hydrogens is 965 g/mol. The molecule has 2 aromatic carbocycles. The first-order valence-corrected chi connectivity index (χ1v) is 26.2. The van der Waals surface area contributed by atoms with E-state index in [4.69, 9.17) is 15.3 Å². The molecule has 0 aromatic heterocycles. The van der Waals surface area contributed by atoms with Crippen LogP contribution in [0.2, 0.25) is 0 Å². The van der Waals surface area contributed by atoms with Gasteiger partial charge in [-0.25, -0.2) is 15.4 Å². The number of ether oxygens (including phenoxy) is 2. The summed E-state index contributed by atoms with van der Waals surface area (Å²) in [6, 6.07) is 11.1. The molecule has 1 heterocycles. The van der Waals surface area contributed by atoms with Gasteiger partial charge >= 0.3 is 12.2 Å². The molecule has 0 unspecified atom stereocenters. The van der Waals surface area contributed by atoms with Crippen LogP contribution in [0.15, 0.2) is 54.6 Å². The second-order valence-corrected chi connectivity index (χ2v) is 21.4. The Balaban J connectivity index is 1.82. The molecule has 5 atom stereocenters. The number of carbonyl (C=O) groups is 9. The largest absolute Gasteiger partial charge is 0.445 e. The number of aryl methyl sites for hydroxylation is 1. The van der Waals surface area contributed by atoms with Gasteiger partial charge in [-0.05, 0) is 120 Å². The summed E-state index contributed by atoms with van der Waals surface area (Å²) in [5, 5.41) is 16.7. The minimum Gasteiger partial charge on any atom is -0.445 e. The predicted octanol–water partition coefficient (Wildman–Crippen LogP) is 4.58. The lowest BCUT2D eigenvalue weighted by Crippen LogP contribution is -2.57. The Labute approximate surface area is 442 Å². The van der Waals surface area contributed by atoms with Crippen LogP contribution in [-0.2, 0) is 56.1 Å². The first-order valence-electron chi connectivity index (χ1n) is 26.2. The van der Waals surface area contributed by atoms with E-state index in [1.165, 1.54) is 16.7 Å². The van der Waals surface area contributed by atoms with Crippen molar-refractivity contribution in [3.05, 3.63) is 65.7 Å². The van der Waals surface area contributed by atoms with Crippen molar-refractivity contribution in [2.75, 3.05) is 31.5 Å². The number of carbonyl (C=O) groups excluding carboxylic acids is 9. The summed E-state index contributed by atoms with van der Waals surface area (Å²) in [5.74, 6) is 1.73. The third-order valence-corrected chi connectivity index (χ3v) is 12.1. The fraction of sp³-hybridized carbons (Fsp3) is 0.611. The smallest absolute Gasteiger partial charge is 0.408 e. The van der Waals surface area contributed by atoms with Gasteiger partial charge in [-0.3, -0.25) is 39.0 Å². The first kappa shape index (κ1) is 62.5. The van der Waals surface area contributed by atoms with E-state index in [2.05, 4.69) is 31.9 Å². The highest BCUT2D eigenvalue weighted by Gasteiger charge is 2.36. The Hall–Kier alpha value is -6.77. The third kappa shape index (κ3) is 23.5. The van der Waals surface area contributed by atoms with Gasteiger partial charge in [0.15, 0.2) is 0 Å². The van der Waals surface area contributed by atoms with Gasteiger partial charge in [0, 0.05) is 32.2 Å². The quantitative estimate of drug-likeness (QED) is 0.0252. The van der Waals surface area contributed by atoms with E-state index in [9.17, 15) is 43.2 Å². The Morgan fingerprint density at radius 1 is 0.707 bits per heavy atom. The molecule has 75 heavy (non-hydrogen) atoms. The van der Waals surface area contributed by atoms with Crippen molar-refractivity contribution in [3.8, 4) is 0 Å². The number of hydrazine groups is 1. The van der Waals surface area contributed by atoms with Crippen molar-refractivity contribution >= 4 is 59.2 Å². The molecule has 9 amide bonds. The second kappa shape index (κ2) is 31.2. The lowest BCUT2D eigenvalue weighted by Gasteiger charge is -2.31. The van der Waals surface area contributed by atoms with Gasteiger partial charge in [-0.15, -0.1) is 0 Å². The molecule has 0 aliphatic carbocycles. The van der Waals surface area contributed by atoms with Crippen LogP contribution in [0.3, 0.4) is 0 Å². The van der Waals surface area contributed by atoms with Crippen molar-refractivity contribution in [1.82, 2.24) is 41.8 Å². The number of anilines is 1. The molecule has 1 aliphatic rings. The summed E-state index contributed by atoms with van der Waals surface area (Å²) in [6.07, 6.45) is 1.81. The van der Waals surface area contributed by atoms with Crippen LogP contribution in [0.1, 0.15) is 132 Å². The van der Waals surface area contributed by atoms with E-state index in [0.717, 1.165) is 5.56 Å². The molecule has 0 radical (unpaired) electrons. The summed E-state index contributed by atoms with van der Waals surface area (Å²) in [6.45, 7) is 18.2. The van der Waals surface area contributed by atoms with E-state index in [1.54, 1.807) is 45.0 Å². The highest BCUT2D eigenvalue weighted by atomic mass is 16.6. The topological polar surface area (TPSA) is 289 Å². The number of likely N-dealkylation sites (tertiary alicyclic amines) is 1. The zero-order chi connectivity index (χ0) is 55.8. The van der Waals surface area contributed by atoms with Gasteiger partial charge in [-0.1, -0.05) is 84.0 Å². The van der Waals surface area contributed by atoms with Gasteiger partial charge in [0.2, 0.25) is 35.4 Å².